The van der Waals surface area contributed by atoms with Gasteiger partial charge in [0.05, 0.1) is 0 Å². The lowest BCUT2D eigenvalue weighted by Crippen LogP contribution is -2.29. The molecule has 1 aromatic rings. The van der Waals surface area contributed by atoms with Gasteiger partial charge in [-0.3, -0.25) is 0 Å². The molecule has 0 atom stereocenters. The fraction of sp³-hybridized carbons (Fsp3) is 0.222. The number of hydrogen-bond acceptors (Lipinski definition) is 1. The number of alkyl halides is 1. The van der Waals surface area contributed by atoms with E-state index in [-0.39, 0.29) is 6.54 Å². The molecule has 0 amide bonds. The molecule has 2 N–H and O–H groups in total. The quantitative estimate of drug-likeness (QED) is 0.726. The molecule has 0 aliphatic heterocycles. The molecule has 0 bridgehead atoms. The number of halogens is 1. The lowest BCUT2D eigenvalue weighted by Gasteiger charge is -2.08. The normalized spacial score (nSPS) is 9.31. The third-order valence-electron chi connectivity index (χ3n) is 1.41. The van der Waals surface area contributed by atoms with Crippen LogP contribution in [-0.2, 0) is 0 Å². The van der Waals surface area contributed by atoms with E-state index in [1.807, 2.05) is 30.3 Å². The van der Waals surface area contributed by atoms with Gasteiger partial charge in [0.1, 0.15) is 6.67 Å². The summed E-state index contributed by atoms with van der Waals surface area (Å²) in [6.07, 6.45) is 0. The Morgan fingerprint density at radius 2 is 2.00 bits per heavy atom. The molecule has 0 fully saturated rings. The summed E-state index contributed by atoms with van der Waals surface area (Å²) in [6, 6.07) is 9.51. The summed E-state index contributed by atoms with van der Waals surface area (Å²) in [7, 11) is 0. The van der Waals surface area contributed by atoms with Gasteiger partial charge in [-0.2, -0.15) is 0 Å². The van der Waals surface area contributed by atoms with Gasteiger partial charge in [-0.15, -0.1) is 0 Å². The van der Waals surface area contributed by atoms with Gasteiger partial charge < -0.3 is 10.6 Å². The number of para-hydroxylation sites is 1. The van der Waals surface area contributed by atoms with Crippen LogP contribution in [0, 0.1) is 0 Å². The summed E-state index contributed by atoms with van der Waals surface area (Å²) < 4.78 is 11.7. The van der Waals surface area contributed by atoms with Gasteiger partial charge in [-0.1, -0.05) is 18.2 Å². The maximum atomic E-state index is 11.7. The van der Waals surface area contributed by atoms with Crippen molar-refractivity contribution in [1.29, 1.82) is 0 Å². The number of thiocarbonyl (C=S) groups is 1. The van der Waals surface area contributed by atoms with Crippen LogP contribution < -0.4 is 10.6 Å². The second-order valence-electron chi connectivity index (χ2n) is 2.44. The van der Waals surface area contributed by atoms with E-state index in [2.05, 4.69) is 10.6 Å². The molecule has 13 heavy (non-hydrogen) atoms. The van der Waals surface area contributed by atoms with Crippen LogP contribution in [0.2, 0.25) is 0 Å². The number of rotatable bonds is 3. The average molecular weight is 198 g/mol. The van der Waals surface area contributed by atoms with Gasteiger partial charge in [0.2, 0.25) is 0 Å². The molecule has 0 aromatic heterocycles. The molecule has 70 valence electrons. The molecule has 2 nitrogen and oxygen atoms in total. The Morgan fingerprint density at radius 3 is 2.62 bits per heavy atom. The second-order valence-corrected chi connectivity index (χ2v) is 2.84. The van der Waals surface area contributed by atoms with Crippen LogP contribution in [0.15, 0.2) is 30.3 Å². The van der Waals surface area contributed by atoms with E-state index < -0.39 is 6.67 Å². The summed E-state index contributed by atoms with van der Waals surface area (Å²) in [4.78, 5) is 0. The van der Waals surface area contributed by atoms with Crippen molar-refractivity contribution in [3.05, 3.63) is 30.3 Å². The van der Waals surface area contributed by atoms with Gasteiger partial charge in [-0.05, 0) is 24.4 Å². The third kappa shape index (κ3) is 3.85. The van der Waals surface area contributed by atoms with E-state index in [0.717, 1.165) is 5.69 Å². The molecule has 4 heteroatoms. The highest BCUT2D eigenvalue weighted by atomic mass is 32.1. The highest BCUT2D eigenvalue weighted by Crippen LogP contribution is 2.03. The molecule has 0 radical (unpaired) electrons. The Balaban J connectivity index is 2.37. The molecule has 0 saturated heterocycles. The zero-order valence-electron chi connectivity index (χ0n) is 7.09. The van der Waals surface area contributed by atoms with E-state index in [1.54, 1.807) is 0 Å². The van der Waals surface area contributed by atoms with E-state index in [0.29, 0.717) is 5.11 Å². The third-order valence-corrected chi connectivity index (χ3v) is 1.66. The summed E-state index contributed by atoms with van der Waals surface area (Å²) >= 11 is 4.91. The van der Waals surface area contributed by atoms with Crippen molar-refractivity contribution in [1.82, 2.24) is 5.32 Å². The maximum Gasteiger partial charge on any atom is 0.170 e. The number of hydrogen-bond donors (Lipinski definition) is 2. The zero-order valence-corrected chi connectivity index (χ0v) is 7.90. The van der Waals surface area contributed by atoms with E-state index in [9.17, 15) is 4.39 Å². The van der Waals surface area contributed by atoms with Gasteiger partial charge in [0.15, 0.2) is 5.11 Å². The Morgan fingerprint density at radius 1 is 1.31 bits per heavy atom. The Hall–Kier alpha value is -1.16. The van der Waals surface area contributed by atoms with Crippen LogP contribution in [0.25, 0.3) is 0 Å². The Labute approximate surface area is 82.2 Å². The first-order valence-electron chi connectivity index (χ1n) is 3.99. The second kappa shape index (κ2) is 5.48. The number of benzene rings is 1. The predicted molar refractivity (Wildman–Crippen MR) is 56.6 cm³/mol. The van der Waals surface area contributed by atoms with Crippen molar-refractivity contribution < 1.29 is 4.39 Å². The van der Waals surface area contributed by atoms with Crippen molar-refractivity contribution >= 4 is 23.0 Å². The minimum absolute atomic E-state index is 0.249. The first-order chi connectivity index (χ1) is 6.33. The van der Waals surface area contributed by atoms with Crippen LogP contribution in [0.5, 0.6) is 0 Å². The number of nitrogens with one attached hydrogen (secondary N) is 2. The maximum absolute atomic E-state index is 11.7. The SMILES string of the molecule is FCCNC(=S)Nc1ccccc1. The van der Waals surface area contributed by atoms with Crippen LogP contribution in [0.4, 0.5) is 10.1 Å². The van der Waals surface area contributed by atoms with E-state index >= 15 is 0 Å². The minimum Gasteiger partial charge on any atom is -0.360 e. The fourth-order valence-corrected chi connectivity index (χ4v) is 1.08. The average Bonchev–Trinajstić information content (AvgIpc) is 2.16. The van der Waals surface area contributed by atoms with Crippen molar-refractivity contribution in [2.75, 3.05) is 18.5 Å². The monoisotopic (exact) mass is 198 g/mol. The summed E-state index contributed by atoms with van der Waals surface area (Å²) in [5, 5.41) is 6.10. The van der Waals surface area contributed by atoms with Crippen molar-refractivity contribution in [2.24, 2.45) is 0 Å². The Kier molecular flexibility index (Phi) is 4.18. The number of anilines is 1. The molecule has 0 saturated carbocycles. The first kappa shape index (κ1) is 9.92. The molecule has 1 aromatic carbocycles. The first-order valence-corrected chi connectivity index (χ1v) is 4.39. The zero-order chi connectivity index (χ0) is 9.52. The van der Waals surface area contributed by atoms with Crippen LogP contribution in [0.1, 0.15) is 0 Å². The highest BCUT2D eigenvalue weighted by molar-refractivity contribution is 7.80. The van der Waals surface area contributed by atoms with E-state index in [1.165, 1.54) is 0 Å². The molecule has 0 heterocycles. The lowest BCUT2D eigenvalue weighted by atomic mass is 10.3. The van der Waals surface area contributed by atoms with Gasteiger partial charge in [0, 0.05) is 12.2 Å². The van der Waals surface area contributed by atoms with E-state index in [4.69, 9.17) is 12.2 Å². The lowest BCUT2D eigenvalue weighted by molar-refractivity contribution is 0.492. The largest absolute Gasteiger partial charge is 0.360 e. The fourth-order valence-electron chi connectivity index (χ4n) is 0.858. The summed E-state index contributed by atoms with van der Waals surface area (Å²) in [6.45, 7) is -0.171. The topological polar surface area (TPSA) is 24.1 Å². The molecule has 0 aliphatic carbocycles. The van der Waals surface area contributed by atoms with Gasteiger partial charge >= 0.3 is 0 Å². The van der Waals surface area contributed by atoms with Crippen LogP contribution in [0.3, 0.4) is 0 Å². The molecule has 0 aliphatic rings. The molecular weight excluding hydrogens is 187 g/mol. The summed E-state index contributed by atoms with van der Waals surface area (Å²) in [5.41, 5.74) is 0.902. The standard InChI is InChI=1S/C9H11FN2S/c10-6-7-11-9(13)12-8-4-2-1-3-5-8/h1-5H,6-7H2,(H2,11,12,13). The molecular formula is C9H11FN2S. The summed E-state index contributed by atoms with van der Waals surface area (Å²) in [5.74, 6) is 0. The molecule has 0 unspecified atom stereocenters. The van der Waals surface area contributed by atoms with Crippen LogP contribution in [-0.4, -0.2) is 18.3 Å². The van der Waals surface area contributed by atoms with Gasteiger partial charge in [0.25, 0.3) is 0 Å². The van der Waals surface area contributed by atoms with Crippen LogP contribution >= 0.6 is 12.2 Å². The smallest absolute Gasteiger partial charge is 0.170 e. The van der Waals surface area contributed by atoms with Crippen molar-refractivity contribution in [3.63, 3.8) is 0 Å². The molecule has 0 spiro atoms. The van der Waals surface area contributed by atoms with Crippen molar-refractivity contribution in [2.45, 2.75) is 0 Å². The minimum atomic E-state index is -0.420. The van der Waals surface area contributed by atoms with Gasteiger partial charge in [-0.25, -0.2) is 4.39 Å². The van der Waals surface area contributed by atoms with Crippen molar-refractivity contribution in [3.8, 4) is 0 Å². The highest BCUT2D eigenvalue weighted by Gasteiger charge is 1.94. The predicted octanol–water partition coefficient (Wildman–Crippen LogP) is 1.94. The molecule has 1 rings (SSSR count). The Bertz CT molecular complexity index is 264.